The van der Waals surface area contributed by atoms with Crippen LogP contribution in [0.25, 0.3) is 0 Å². The highest BCUT2D eigenvalue weighted by molar-refractivity contribution is 6.07. The van der Waals surface area contributed by atoms with Gasteiger partial charge in [0.25, 0.3) is 5.91 Å². The third kappa shape index (κ3) is 9.82. The van der Waals surface area contributed by atoms with E-state index < -0.39 is 11.6 Å². The fourth-order valence-electron chi connectivity index (χ4n) is 3.99. The molecule has 0 saturated heterocycles. The van der Waals surface area contributed by atoms with E-state index in [2.05, 4.69) is 42.8 Å². The number of hydrogen-bond acceptors (Lipinski definition) is 4. The predicted octanol–water partition coefficient (Wildman–Crippen LogP) is 6.26. The normalized spacial score (nSPS) is 19.3. The van der Waals surface area contributed by atoms with Gasteiger partial charge in [-0.25, -0.2) is 4.39 Å². The number of aliphatic imine (C=N–C) groups is 1. The van der Waals surface area contributed by atoms with Crippen molar-refractivity contribution in [2.24, 2.45) is 4.99 Å². The largest absolute Gasteiger partial charge is 0.390 e. The van der Waals surface area contributed by atoms with E-state index in [0.717, 1.165) is 32.4 Å². The van der Waals surface area contributed by atoms with Crippen molar-refractivity contribution in [3.05, 3.63) is 71.6 Å². The van der Waals surface area contributed by atoms with Crippen molar-refractivity contribution in [2.45, 2.75) is 79.4 Å². The molecule has 1 aromatic carbocycles. The van der Waals surface area contributed by atoms with Crippen LogP contribution in [0.3, 0.4) is 0 Å². The van der Waals surface area contributed by atoms with Gasteiger partial charge in [0.2, 0.25) is 0 Å². The van der Waals surface area contributed by atoms with E-state index in [9.17, 15) is 14.3 Å². The van der Waals surface area contributed by atoms with Crippen molar-refractivity contribution in [1.29, 1.82) is 0 Å². The molecule has 5 nitrogen and oxygen atoms in total. The summed E-state index contributed by atoms with van der Waals surface area (Å²) >= 11 is 0. The quantitative estimate of drug-likeness (QED) is 0.345. The van der Waals surface area contributed by atoms with Gasteiger partial charge in [-0.15, -0.1) is 0 Å². The maximum atomic E-state index is 13.2. The number of hydrogen-bond donors (Lipinski definition) is 1. The first-order valence-electron chi connectivity index (χ1n) is 13.1. The average molecular weight is 500 g/mol. The Balaban J connectivity index is 0.000000613. The van der Waals surface area contributed by atoms with Crippen LogP contribution in [0.15, 0.2) is 65.2 Å². The number of carbonyl (C=O) groups is 1. The van der Waals surface area contributed by atoms with Gasteiger partial charge in [-0.1, -0.05) is 68.4 Å². The molecule has 0 radical (unpaired) electrons. The van der Waals surface area contributed by atoms with E-state index in [1.807, 2.05) is 32.1 Å². The summed E-state index contributed by atoms with van der Waals surface area (Å²) in [5.74, 6) is 0.0617. The van der Waals surface area contributed by atoms with Gasteiger partial charge in [0.05, 0.1) is 12.6 Å². The molecule has 0 bridgehead atoms. The van der Waals surface area contributed by atoms with E-state index in [1.165, 1.54) is 17.7 Å². The molecule has 2 atom stereocenters. The SMILES string of the molecule is CCCCN(CCC)CC(O)CN1C(=O)C(C)(c2ccc(F)cc2)N=C1C.C\C=C/C=C\C(C)=C/C. The Morgan fingerprint density at radius 1 is 1.17 bits per heavy atom. The summed E-state index contributed by atoms with van der Waals surface area (Å²) in [7, 11) is 0. The Kier molecular flexibility index (Phi) is 14.2. The van der Waals surface area contributed by atoms with Crippen molar-refractivity contribution in [1.82, 2.24) is 9.80 Å². The van der Waals surface area contributed by atoms with Crippen LogP contribution in [0.5, 0.6) is 0 Å². The number of aliphatic hydroxyl groups excluding tert-OH is 1. The average Bonchev–Trinajstić information content (AvgIpc) is 3.07. The number of halogens is 1. The van der Waals surface area contributed by atoms with Gasteiger partial charge in [-0.3, -0.25) is 14.7 Å². The molecule has 1 N–H and O–H groups in total. The molecule has 0 saturated carbocycles. The third-order valence-electron chi connectivity index (χ3n) is 6.19. The molecule has 2 unspecified atom stereocenters. The molecule has 1 amide bonds. The second-order valence-corrected chi connectivity index (χ2v) is 9.38. The van der Waals surface area contributed by atoms with Crippen LogP contribution in [-0.2, 0) is 10.3 Å². The molecule has 1 aliphatic rings. The first kappa shape index (κ1) is 31.5. The summed E-state index contributed by atoms with van der Waals surface area (Å²) in [6, 6.07) is 5.87. The molecular weight excluding hydrogens is 453 g/mol. The maximum absolute atomic E-state index is 13.2. The Morgan fingerprint density at radius 2 is 1.83 bits per heavy atom. The molecule has 0 aromatic heterocycles. The van der Waals surface area contributed by atoms with Gasteiger partial charge in [-0.05, 0) is 78.2 Å². The number of aliphatic hydroxyl groups is 1. The van der Waals surface area contributed by atoms with Crippen molar-refractivity contribution in [3.8, 4) is 0 Å². The van der Waals surface area contributed by atoms with Crippen LogP contribution in [0, 0.1) is 5.82 Å². The Bertz CT molecular complexity index is 921. The topological polar surface area (TPSA) is 56.1 Å². The summed E-state index contributed by atoms with van der Waals surface area (Å²) in [6.07, 6.45) is 12.8. The van der Waals surface area contributed by atoms with Gasteiger partial charge in [-0.2, -0.15) is 0 Å². The molecule has 0 fully saturated rings. The maximum Gasteiger partial charge on any atom is 0.260 e. The molecule has 2 rings (SSSR count). The highest BCUT2D eigenvalue weighted by atomic mass is 19.1. The van der Waals surface area contributed by atoms with E-state index in [-0.39, 0.29) is 18.3 Å². The number of amidine groups is 1. The minimum absolute atomic E-state index is 0.179. The smallest absolute Gasteiger partial charge is 0.260 e. The predicted molar refractivity (Wildman–Crippen MR) is 150 cm³/mol. The number of rotatable bonds is 12. The lowest BCUT2D eigenvalue weighted by molar-refractivity contribution is -0.132. The van der Waals surface area contributed by atoms with Crippen LogP contribution in [0.1, 0.15) is 73.3 Å². The highest BCUT2D eigenvalue weighted by Crippen LogP contribution is 2.33. The Hall–Kier alpha value is -2.57. The summed E-state index contributed by atoms with van der Waals surface area (Å²) in [5.41, 5.74) is 0.886. The van der Waals surface area contributed by atoms with Gasteiger partial charge in [0.1, 0.15) is 11.7 Å². The first-order chi connectivity index (χ1) is 17.1. The molecule has 6 heteroatoms. The monoisotopic (exact) mass is 499 g/mol. The van der Waals surface area contributed by atoms with Crippen molar-refractivity contribution >= 4 is 11.7 Å². The second kappa shape index (κ2) is 16.2. The molecule has 0 spiro atoms. The number of β-amino-alcohol motifs (C(OH)–C–C–N with tert-alkyl or cyclic N) is 1. The molecule has 1 heterocycles. The number of unbranched alkanes of at least 4 members (excludes halogenated alkanes) is 1. The lowest BCUT2D eigenvalue weighted by Gasteiger charge is -2.28. The zero-order valence-corrected chi connectivity index (χ0v) is 23.3. The minimum Gasteiger partial charge on any atom is -0.390 e. The van der Waals surface area contributed by atoms with Crippen molar-refractivity contribution < 1.29 is 14.3 Å². The Morgan fingerprint density at radius 3 is 2.39 bits per heavy atom. The van der Waals surface area contributed by atoms with E-state index >= 15 is 0 Å². The lowest BCUT2D eigenvalue weighted by atomic mass is 9.92. The lowest BCUT2D eigenvalue weighted by Crippen LogP contribution is -2.46. The molecule has 36 heavy (non-hydrogen) atoms. The van der Waals surface area contributed by atoms with E-state index in [4.69, 9.17) is 0 Å². The number of amides is 1. The minimum atomic E-state index is -1.07. The number of benzene rings is 1. The summed E-state index contributed by atoms with van der Waals surface area (Å²) in [4.78, 5) is 21.4. The zero-order chi connectivity index (χ0) is 27.1. The van der Waals surface area contributed by atoms with Gasteiger partial charge < -0.3 is 10.0 Å². The summed E-state index contributed by atoms with van der Waals surface area (Å²) in [6.45, 7) is 16.6. The number of nitrogens with zero attached hydrogens (tertiary/aromatic N) is 3. The number of carbonyl (C=O) groups excluding carboxylic acids is 1. The molecule has 1 aliphatic heterocycles. The Labute approximate surface area is 218 Å². The zero-order valence-electron chi connectivity index (χ0n) is 23.3. The third-order valence-corrected chi connectivity index (χ3v) is 6.19. The van der Waals surface area contributed by atoms with E-state index in [1.54, 1.807) is 30.9 Å². The fraction of sp³-hybridized carbons (Fsp3) is 0.533. The molecule has 0 aliphatic carbocycles. The van der Waals surface area contributed by atoms with Gasteiger partial charge in [0.15, 0.2) is 5.54 Å². The molecule has 1 aromatic rings. The van der Waals surface area contributed by atoms with Crippen LogP contribution >= 0.6 is 0 Å². The van der Waals surface area contributed by atoms with Gasteiger partial charge in [0, 0.05) is 6.54 Å². The first-order valence-corrected chi connectivity index (χ1v) is 13.1. The van der Waals surface area contributed by atoms with Crippen LogP contribution in [-0.4, -0.2) is 58.9 Å². The van der Waals surface area contributed by atoms with Crippen LogP contribution in [0.2, 0.25) is 0 Å². The van der Waals surface area contributed by atoms with Gasteiger partial charge >= 0.3 is 0 Å². The van der Waals surface area contributed by atoms with Crippen LogP contribution in [0.4, 0.5) is 4.39 Å². The van der Waals surface area contributed by atoms with Crippen molar-refractivity contribution in [2.75, 3.05) is 26.2 Å². The standard InChI is InChI=1S/C21H32FN3O2.C9H14/c1-5-7-13-24(12-6-2)14-19(26)15-25-16(3)23-21(4,20(25)27)17-8-10-18(22)11-9-17;1-4-6-7-8-9(3)5-2/h8-11,19,26H,5-7,12-15H2,1-4H3;4-8H,1-3H3/b;6-4-,8-7-,9-5-. The summed E-state index contributed by atoms with van der Waals surface area (Å²) in [5, 5.41) is 10.6. The highest BCUT2D eigenvalue weighted by Gasteiger charge is 2.45. The second-order valence-electron chi connectivity index (χ2n) is 9.38. The fourth-order valence-corrected chi connectivity index (χ4v) is 3.99. The molecular formula is C30H46FN3O2. The molecule has 200 valence electrons. The summed E-state index contributed by atoms with van der Waals surface area (Å²) < 4.78 is 13.2. The van der Waals surface area contributed by atoms with Crippen LogP contribution < -0.4 is 0 Å². The number of allylic oxidation sites excluding steroid dienone is 6. The van der Waals surface area contributed by atoms with E-state index in [0.29, 0.717) is 17.9 Å². The van der Waals surface area contributed by atoms with Crippen molar-refractivity contribution in [3.63, 3.8) is 0 Å².